The summed E-state index contributed by atoms with van der Waals surface area (Å²) in [7, 11) is 0. The molecule has 1 aromatic carbocycles. The van der Waals surface area contributed by atoms with Crippen molar-refractivity contribution in [2.75, 3.05) is 12.3 Å². The van der Waals surface area contributed by atoms with Crippen LogP contribution in [0.1, 0.15) is 25.0 Å². The second kappa shape index (κ2) is 4.65. The average molecular weight is 351 g/mol. The van der Waals surface area contributed by atoms with E-state index < -0.39 is 17.5 Å². The van der Waals surface area contributed by atoms with Crippen molar-refractivity contribution >= 4 is 27.5 Å². The van der Waals surface area contributed by atoms with Gasteiger partial charge < -0.3 is 10.6 Å². The molecule has 2 rings (SSSR count). The summed E-state index contributed by atoms with van der Waals surface area (Å²) in [5, 5.41) is 0. The molecule has 1 aliphatic rings. The number of hydrogen-bond donors (Lipinski definition) is 1. The minimum Gasteiger partial charge on any atom is -0.398 e. The molecule has 110 valence electrons. The maximum absolute atomic E-state index is 12.6. The summed E-state index contributed by atoms with van der Waals surface area (Å²) in [6.45, 7) is 3.55. The second-order valence-electron chi connectivity index (χ2n) is 5.54. The van der Waals surface area contributed by atoms with Crippen LogP contribution in [-0.4, -0.2) is 23.5 Å². The maximum Gasteiger partial charge on any atom is 0.471 e. The van der Waals surface area contributed by atoms with E-state index in [4.69, 9.17) is 5.73 Å². The minimum atomic E-state index is -4.86. The van der Waals surface area contributed by atoms with Crippen LogP contribution in [0.25, 0.3) is 0 Å². The number of alkyl halides is 3. The van der Waals surface area contributed by atoms with Gasteiger partial charge in [-0.3, -0.25) is 4.79 Å². The molecule has 0 saturated carbocycles. The fraction of sp³-hybridized carbons (Fsp3) is 0.462. The number of anilines is 1. The average Bonchev–Trinajstić information content (AvgIpc) is 2.31. The first-order valence-electron chi connectivity index (χ1n) is 5.97. The van der Waals surface area contributed by atoms with Crippen molar-refractivity contribution in [1.29, 1.82) is 0 Å². The molecule has 2 N–H and O–H groups in total. The van der Waals surface area contributed by atoms with Gasteiger partial charge in [0, 0.05) is 28.7 Å². The summed E-state index contributed by atoms with van der Waals surface area (Å²) in [4.78, 5) is 12.3. The Hall–Kier alpha value is -1.24. The predicted molar refractivity (Wildman–Crippen MR) is 73.1 cm³/mol. The molecule has 1 aliphatic heterocycles. The quantitative estimate of drug-likeness (QED) is 0.730. The lowest BCUT2D eigenvalue weighted by Crippen LogP contribution is -2.49. The Balaban J connectivity index is 2.48. The first-order chi connectivity index (χ1) is 9.04. The van der Waals surface area contributed by atoms with Crippen LogP contribution in [-0.2, 0) is 16.8 Å². The van der Waals surface area contributed by atoms with Gasteiger partial charge >= 0.3 is 12.1 Å². The van der Waals surface area contributed by atoms with Crippen LogP contribution >= 0.6 is 15.9 Å². The molecular formula is C13H14BrF3N2O. The van der Waals surface area contributed by atoms with Crippen LogP contribution in [0.3, 0.4) is 0 Å². The summed E-state index contributed by atoms with van der Waals surface area (Å²) < 4.78 is 38.4. The first kappa shape index (κ1) is 15.2. The molecule has 0 aromatic heterocycles. The number of hydrogen-bond acceptors (Lipinski definition) is 2. The number of rotatable bonds is 0. The minimum absolute atomic E-state index is 0.0225. The molecule has 0 unspecified atom stereocenters. The normalized spacial score (nSPS) is 17.8. The van der Waals surface area contributed by atoms with Crippen LogP contribution in [0.15, 0.2) is 16.6 Å². The van der Waals surface area contributed by atoms with E-state index in [0.29, 0.717) is 15.7 Å². The first-order valence-corrected chi connectivity index (χ1v) is 6.77. The Kier molecular flexibility index (Phi) is 3.52. The van der Waals surface area contributed by atoms with Crippen molar-refractivity contribution < 1.29 is 18.0 Å². The van der Waals surface area contributed by atoms with Crippen LogP contribution in [0.5, 0.6) is 0 Å². The lowest BCUT2D eigenvalue weighted by Gasteiger charge is -2.40. The fourth-order valence-electron chi connectivity index (χ4n) is 2.56. The van der Waals surface area contributed by atoms with E-state index in [0.717, 1.165) is 10.5 Å². The monoisotopic (exact) mass is 350 g/mol. The highest BCUT2D eigenvalue weighted by Gasteiger charge is 2.46. The Morgan fingerprint density at radius 1 is 1.40 bits per heavy atom. The number of amides is 1. The van der Waals surface area contributed by atoms with Gasteiger partial charge in [-0.1, -0.05) is 19.9 Å². The summed E-state index contributed by atoms with van der Waals surface area (Å²) in [5.74, 6) is -1.81. The van der Waals surface area contributed by atoms with Gasteiger partial charge in [0.15, 0.2) is 0 Å². The van der Waals surface area contributed by atoms with Crippen molar-refractivity contribution in [2.24, 2.45) is 0 Å². The molecule has 7 heteroatoms. The Morgan fingerprint density at radius 2 is 2.00 bits per heavy atom. The van der Waals surface area contributed by atoms with Crippen molar-refractivity contribution in [3.63, 3.8) is 0 Å². The third kappa shape index (κ3) is 2.51. The van der Waals surface area contributed by atoms with E-state index in [9.17, 15) is 18.0 Å². The molecule has 20 heavy (non-hydrogen) atoms. The van der Waals surface area contributed by atoms with Crippen LogP contribution in [0.4, 0.5) is 18.9 Å². The maximum atomic E-state index is 12.6. The Labute approximate surface area is 123 Å². The molecular weight excluding hydrogens is 337 g/mol. The highest BCUT2D eigenvalue weighted by Crippen LogP contribution is 2.40. The topological polar surface area (TPSA) is 46.3 Å². The summed E-state index contributed by atoms with van der Waals surface area (Å²) >= 11 is 3.30. The molecule has 0 saturated heterocycles. The van der Waals surface area contributed by atoms with Crippen LogP contribution in [0.2, 0.25) is 0 Å². The Bertz CT molecular complexity index is 569. The SMILES string of the molecule is CC1(C)CN(C(=O)C(F)(F)F)Cc2c1ccc(N)c2Br. The van der Waals surface area contributed by atoms with Gasteiger partial charge in [0.2, 0.25) is 0 Å². The Morgan fingerprint density at radius 3 is 2.55 bits per heavy atom. The molecule has 0 bridgehead atoms. The zero-order valence-electron chi connectivity index (χ0n) is 11.0. The molecule has 0 radical (unpaired) electrons. The summed E-state index contributed by atoms with van der Waals surface area (Å²) in [5.41, 5.74) is 7.19. The number of nitrogens with two attached hydrogens (primary N) is 1. The number of halogens is 4. The fourth-order valence-corrected chi connectivity index (χ4v) is 3.03. The van der Waals surface area contributed by atoms with Gasteiger partial charge in [-0.15, -0.1) is 0 Å². The van der Waals surface area contributed by atoms with Crippen molar-refractivity contribution in [1.82, 2.24) is 4.90 Å². The van der Waals surface area contributed by atoms with Crippen LogP contribution < -0.4 is 5.73 Å². The van der Waals surface area contributed by atoms with Gasteiger partial charge in [0.25, 0.3) is 0 Å². The standard InChI is InChI=1S/C13H14BrF3N2O/c1-12(2)6-19(11(20)13(15,16)17)5-7-8(12)3-4-9(18)10(7)14/h3-4H,5-6,18H2,1-2H3. The van der Waals surface area contributed by atoms with Gasteiger partial charge in [-0.25, -0.2) is 0 Å². The second-order valence-corrected chi connectivity index (χ2v) is 6.33. The smallest absolute Gasteiger partial charge is 0.398 e. The number of carbonyl (C=O) groups is 1. The zero-order valence-corrected chi connectivity index (χ0v) is 12.6. The predicted octanol–water partition coefficient (Wildman–Crippen LogP) is 3.21. The van der Waals surface area contributed by atoms with E-state index in [1.54, 1.807) is 6.07 Å². The van der Waals surface area contributed by atoms with E-state index in [1.165, 1.54) is 0 Å². The van der Waals surface area contributed by atoms with Crippen molar-refractivity contribution in [3.8, 4) is 0 Å². The van der Waals surface area contributed by atoms with Crippen molar-refractivity contribution in [2.45, 2.75) is 32.0 Å². The molecule has 0 spiro atoms. The third-order valence-corrected chi connectivity index (χ3v) is 4.40. The highest BCUT2D eigenvalue weighted by atomic mass is 79.9. The van der Waals surface area contributed by atoms with E-state index in [1.807, 2.05) is 19.9 Å². The molecule has 0 aliphatic carbocycles. The number of benzene rings is 1. The molecule has 0 fully saturated rings. The molecule has 1 aromatic rings. The van der Waals surface area contributed by atoms with Gasteiger partial charge in [0.05, 0.1) is 0 Å². The summed E-state index contributed by atoms with van der Waals surface area (Å²) in [6, 6.07) is 3.52. The van der Waals surface area contributed by atoms with Gasteiger partial charge in [-0.2, -0.15) is 13.2 Å². The van der Waals surface area contributed by atoms with Gasteiger partial charge in [0.1, 0.15) is 0 Å². The van der Waals surface area contributed by atoms with Crippen LogP contribution in [0, 0.1) is 0 Å². The van der Waals surface area contributed by atoms with Crippen molar-refractivity contribution in [3.05, 3.63) is 27.7 Å². The number of fused-ring (bicyclic) bond motifs is 1. The number of nitrogens with zero attached hydrogens (tertiary/aromatic N) is 1. The molecule has 3 nitrogen and oxygen atoms in total. The third-order valence-electron chi connectivity index (χ3n) is 3.47. The van der Waals surface area contributed by atoms with Gasteiger partial charge in [-0.05, 0) is 33.1 Å². The lowest BCUT2D eigenvalue weighted by atomic mass is 9.78. The number of carbonyl (C=O) groups excluding carboxylic acids is 1. The largest absolute Gasteiger partial charge is 0.471 e. The molecule has 1 heterocycles. The van der Waals surface area contributed by atoms with E-state index in [-0.39, 0.29) is 13.1 Å². The van der Waals surface area contributed by atoms with E-state index in [2.05, 4.69) is 15.9 Å². The molecule has 1 amide bonds. The molecule has 0 atom stereocenters. The summed E-state index contributed by atoms with van der Waals surface area (Å²) in [6.07, 6.45) is -4.86. The zero-order chi connectivity index (χ0) is 15.3. The van der Waals surface area contributed by atoms with E-state index >= 15 is 0 Å². The highest BCUT2D eigenvalue weighted by molar-refractivity contribution is 9.10. The number of nitrogen functional groups attached to an aromatic ring is 1. The lowest BCUT2D eigenvalue weighted by molar-refractivity contribution is -0.187.